The maximum Gasteiger partial charge on any atom is 0.411 e. The fraction of sp³-hybridized carbons (Fsp3) is 0.364. The molecular weight excluding hydrogens is 259 g/mol. The van der Waals surface area contributed by atoms with Crippen molar-refractivity contribution >= 4 is 5.78 Å². The standard InChI is InChI=1S/C11H9F5O2/c12-8-3-1-2-7(10(8)13)9(17)4-5-18-6-11(14,15)16/h1-3H,4-6H2. The molecular formula is C11H9F5O2. The summed E-state index contributed by atoms with van der Waals surface area (Å²) in [5, 5.41) is 0. The van der Waals surface area contributed by atoms with Crippen molar-refractivity contribution in [1.29, 1.82) is 0 Å². The van der Waals surface area contributed by atoms with E-state index in [4.69, 9.17) is 0 Å². The first kappa shape index (κ1) is 14.6. The van der Waals surface area contributed by atoms with Crippen LogP contribution in [0.5, 0.6) is 0 Å². The van der Waals surface area contributed by atoms with Crippen LogP contribution >= 0.6 is 0 Å². The third kappa shape index (κ3) is 4.40. The van der Waals surface area contributed by atoms with E-state index in [1.54, 1.807) is 0 Å². The monoisotopic (exact) mass is 268 g/mol. The van der Waals surface area contributed by atoms with Gasteiger partial charge in [-0.3, -0.25) is 4.79 Å². The molecule has 7 heteroatoms. The summed E-state index contributed by atoms with van der Waals surface area (Å²) in [4.78, 5) is 11.4. The van der Waals surface area contributed by atoms with E-state index in [9.17, 15) is 26.7 Å². The summed E-state index contributed by atoms with van der Waals surface area (Å²) in [6, 6.07) is 3.04. The zero-order valence-electron chi connectivity index (χ0n) is 9.06. The third-order valence-electron chi connectivity index (χ3n) is 1.99. The second kappa shape index (κ2) is 5.90. The molecule has 1 rings (SSSR count). The number of Topliss-reactive ketones (excluding diaryl/α,β-unsaturated/α-hetero) is 1. The molecule has 0 aliphatic rings. The predicted molar refractivity (Wildman–Crippen MR) is 52.2 cm³/mol. The van der Waals surface area contributed by atoms with Crippen molar-refractivity contribution in [2.75, 3.05) is 13.2 Å². The van der Waals surface area contributed by atoms with Crippen LogP contribution in [0.2, 0.25) is 0 Å². The number of carbonyl (C=O) groups is 1. The van der Waals surface area contributed by atoms with Gasteiger partial charge in [-0.1, -0.05) is 6.07 Å². The molecule has 0 heterocycles. The molecule has 0 saturated carbocycles. The summed E-state index contributed by atoms with van der Waals surface area (Å²) in [5.74, 6) is -3.30. The number of ether oxygens (including phenoxy) is 1. The minimum atomic E-state index is -4.48. The fourth-order valence-corrected chi connectivity index (χ4v) is 1.21. The van der Waals surface area contributed by atoms with Gasteiger partial charge in [0.25, 0.3) is 0 Å². The van der Waals surface area contributed by atoms with Gasteiger partial charge in [-0.15, -0.1) is 0 Å². The number of carbonyl (C=O) groups excluding carboxylic acids is 1. The first-order valence-electron chi connectivity index (χ1n) is 4.93. The van der Waals surface area contributed by atoms with E-state index in [0.717, 1.165) is 18.2 Å². The van der Waals surface area contributed by atoms with E-state index < -0.39 is 48.8 Å². The summed E-state index contributed by atoms with van der Waals surface area (Å²) in [5.41, 5.74) is -0.495. The Balaban J connectivity index is 2.49. The number of hydrogen-bond acceptors (Lipinski definition) is 2. The van der Waals surface area contributed by atoms with Crippen LogP contribution in [-0.2, 0) is 4.74 Å². The van der Waals surface area contributed by atoms with Crippen molar-refractivity contribution < 1.29 is 31.5 Å². The molecule has 100 valence electrons. The van der Waals surface area contributed by atoms with Crippen LogP contribution in [0.25, 0.3) is 0 Å². The molecule has 0 aromatic heterocycles. The largest absolute Gasteiger partial charge is 0.411 e. The number of ketones is 1. The Morgan fingerprint density at radius 2 is 1.89 bits per heavy atom. The summed E-state index contributed by atoms with van der Waals surface area (Å²) < 4.78 is 65.2. The van der Waals surface area contributed by atoms with Crippen LogP contribution in [0, 0.1) is 11.6 Å². The molecule has 1 aromatic rings. The molecule has 2 nitrogen and oxygen atoms in total. The Labute approximate surface area is 99.4 Å². The van der Waals surface area contributed by atoms with Gasteiger partial charge in [0.2, 0.25) is 0 Å². The highest BCUT2D eigenvalue weighted by molar-refractivity contribution is 5.96. The lowest BCUT2D eigenvalue weighted by molar-refractivity contribution is -0.173. The van der Waals surface area contributed by atoms with Crippen molar-refractivity contribution in [3.8, 4) is 0 Å². The molecule has 0 aliphatic carbocycles. The normalized spacial score (nSPS) is 11.6. The average Bonchev–Trinajstić information content (AvgIpc) is 2.26. The first-order valence-corrected chi connectivity index (χ1v) is 4.93. The fourth-order valence-electron chi connectivity index (χ4n) is 1.21. The number of hydrogen-bond donors (Lipinski definition) is 0. The number of alkyl halides is 3. The SMILES string of the molecule is O=C(CCOCC(F)(F)F)c1cccc(F)c1F. The van der Waals surface area contributed by atoms with E-state index in [-0.39, 0.29) is 0 Å². The van der Waals surface area contributed by atoms with Gasteiger partial charge in [0, 0.05) is 6.42 Å². The summed E-state index contributed by atoms with van der Waals surface area (Å²) in [6.07, 6.45) is -4.93. The highest BCUT2D eigenvalue weighted by atomic mass is 19.4. The Morgan fingerprint density at radius 3 is 2.50 bits per heavy atom. The summed E-state index contributed by atoms with van der Waals surface area (Å²) in [7, 11) is 0. The molecule has 0 unspecified atom stereocenters. The minimum absolute atomic E-state index is 0.448. The smallest absolute Gasteiger partial charge is 0.372 e. The average molecular weight is 268 g/mol. The van der Waals surface area contributed by atoms with Gasteiger partial charge >= 0.3 is 6.18 Å². The molecule has 0 atom stereocenters. The summed E-state index contributed by atoms with van der Waals surface area (Å²) >= 11 is 0. The van der Waals surface area contributed by atoms with Crippen molar-refractivity contribution in [2.45, 2.75) is 12.6 Å². The molecule has 0 saturated heterocycles. The van der Waals surface area contributed by atoms with E-state index >= 15 is 0 Å². The van der Waals surface area contributed by atoms with Gasteiger partial charge in [-0.05, 0) is 12.1 Å². The third-order valence-corrected chi connectivity index (χ3v) is 1.99. The van der Waals surface area contributed by atoms with Gasteiger partial charge in [0.15, 0.2) is 17.4 Å². The zero-order valence-corrected chi connectivity index (χ0v) is 9.06. The molecule has 0 fully saturated rings. The van der Waals surface area contributed by atoms with Gasteiger partial charge in [0.1, 0.15) is 6.61 Å². The molecule has 1 aromatic carbocycles. The van der Waals surface area contributed by atoms with E-state index in [2.05, 4.69) is 4.74 Å². The lowest BCUT2D eigenvalue weighted by Crippen LogP contribution is -2.18. The van der Waals surface area contributed by atoms with Crippen LogP contribution < -0.4 is 0 Å². The molecule has 0 spiro atoms. The lowest BCUT2D eigenvalue weighted by Gasteiger charge is -2.07. The second-order valence-corrected chi connectivity index (χ2v) is 3.44. The van der Waals surface area contributed by atoms with Crippen LogP contribution in [0.15, 0.2) is 18.2 Å². The van der Waals surface area contributed by atoms with Crippen molar-refractivity contribution in [3.63, 3.8) is 0 Å². The van der Waals surface area contributed by atoms with Gasteiger partial charge in [-0.2, -0.15) is 13.2 Å². The van der Waals surface area contributed by atoms with E-state index in [1.165, 1.54) is 0 Å². The van der Waals surface area contributed by atoms with Crippen molar-refractivity contribution in [2.24, 2.45) is 0 Å². The number of rotatable bonds is 5. The van der Waals surface area contributed by atoms with Crippen LogP contribution in [0.4, 0.5) is 22.0 Å². The van der Waals surface area contributed by atoms with Gasteiger partial charge < -0.3 is 4.74 Å². The van der Waals surface area contributed by atoms with Crippen LogP contribution in [-0.4, -0.2) is 25.2 Å². The quantitative estimate of drug-likeness (QED) is 0.466. The molecule has 0 N–H and O–H groups in total. The number of benzene rings is 1. The highest BCUT2D eigenvalue weighted by Gasteiger charge is 2.27. The Hall–Kier alpha value is -1.50. The highest BCUT2D eigenvalue weighted by Crippen LogP contribution is 2.16. The van der Waals surface area contributed by atoms with E-state index in [1.807, 2.05) is 0 Å². The van der Waals surface area contributed by atoms with Crippen molar-refractivity contribution in [3.05, 3.63) is 35.4 Å². The van der Waals surface area contributed by atoms with Gasteiger partial charge in [-0.25, -0.2) is 8.78 Å². The maximum absolute atomic E-state index is 13.1. The molecule has 18 heavy (non-hydrogen) atoms. The van der Waals surface area contributed by atoms with Gasteiger partial charge in [0.05, 0.1) is 12.2 Å². The Kier molecular flexibility index (Phi) is 4.77. The van der Waals surface area contributed by atoms with Crippen molar-refractivity contribution in [1.82, 2.24) is 0 Å². The molecule has 0 radical (unpaired) electrons. The Morgan fingerprint density at radius 1 is 1.22 bits per heavy atom. The Bertz CT molecular complexity index is 428. The maximum atomic E-state index is 13.1. The topological polar surface area (TPSA) is 26.3 Å². The van der Waals surface area contributed by atoms with Crippen LogP contribution in [0.1, 0.15) is 16.8 Å². The zero-order chi connectivity index (χ0) is 13.8. The molecule has 0 amide bonds. The minimum Gasteiger partial charge on any atom is -0.372 e. The first-order chi connectivity index (χ1) is 8.31. The predicted octanol–water partition coefficient (Wildman–Crippen LogP) is 3.12. The van der Waals surface area contributed by atoms with Crippen LogP contribution in [0.3, 0.4) is 0 Å². The second-order valence-electron chi connectivity index (χ2n) is 3.44. The molecule has 0 bridgehead atoms. The molecule has 0 aliphatic heterocycles. The lowest BCUT2D eigenvalue weighted by atomic mass is 10.1. The van der Waals surface area contributed by atoms with E-state index in [0.29, 0.717) is 0 Å². The summed E-state index contributed by atoms with van der Waals surface area (Å²) in [6.45, 7) is -1.99. The number of halogens is 5.